The molecule has 2 aromatic rings. The van der Waals surface area contributed by atoms with Gasteiger partial charge in [-0.25, -0.2) is 0 Å². The number of halogens is 3. The normalized spacial score (nSPS) is 12.7. The summed E-state index contributed by atoms with van der Waals surface area (Å²) in [7, 11) is 0. The lowest BCUT2D eigenvalue weighted by Crippen LogP contribution is -2.38. The molecule has 0 aliphatic heterocycles. The van der Waals surface area contributed by atoms with Gasteiger partial charge in [0.2, 0.25) is 0 Å². The van der Waals surface area contributed by atoms with Gasteiger partial charge in [-0.1, -0.05) is 0 Å². The molecule has 0 saturated carbocycles. The van der Waals surface area contributed by atoms with Crippen molar-refractivity contribution in [3.8, 4) is 5.75 Å². The van der Waals surface area contributed by atoms with Crippen LogP contribution in [0.3, 0.4) is 0 Å². The minimum atomic E-state index is -4.39. The van der Waals surface area contributed by atoms with Crippen LogP contribution in [-0.2, 0) is 17.5 Å². The molecule has 1 heterocycles. The first kappa shape index (κ1) is 16.9. The van der Waals surface area contributed by atoms with Crippen molar-refractivity contribution in [2.45, 2.75) is 25.7 Å². The third-order valence-electron chi connectivity index (χ3n) is 2.98. The number of nitrogens with zero attached hydrogens (tertiary/aromatic N) is 2. The fourth-order valence-corrected chi connectivity index (χ4v) is 1.94. The standard InChI is InChI=1S/C15H16F3N3O2/c1-11(9-21-8-2-7-19-21)20-14(22)10-23-13-5-3-12(4-6-13)15(16,17)18/h2-8,11H,9-10H2,1H3,(H,20,22). The van der Waals surface area contributed by atoms with Gasteiger partial charge in [0.1, 0.15) is 5.75 Å². The molecule has 1 unspecified atom stereocenters. The Bertz CT molecular complexity index is 624. The number of ether oxygens (including phenoxy) is 1. The topological polar surface area (TPSA) is 56.2 Å². The fraction of sp³-hybridized carbons (Fsp3) is 0.333. The molecule has 5 nitrogen and oxygen atoms in total. The van der Waals surface area contributed by atoms with Crippen molar-refractivity contribution in [1.82, 2.24) is 15.1 Å². The summed E-state index contributed by atoms with van der Waals surface area (Å²) in [4.78, 5) is 11.7. The summed E-state index contributed by atoms with van der Waals surface area (Å²) >= 11 is 0. The van der Waals surface area contributed by atoms with Crippen LogP contribution in [0.1, 0.15) is 12.5 Å². The van der Waals surface area contributed by atoms with E-state index in [1.54, 1.807) is 23.1 Å². The van der Waals surface area contributed by atoms with E-state index in [-0.39, 0.29) is 24.3 Å². The van der Waals surface area contributed by atoms with Crippen molar-refractivity contribution in [3.63, 3.8) is 0 Å². The molecule has 8 heteroatoms. The van der Waals surface area contributed by atoms with Crippen LogP contribution >= 0.6 is 0 Å². The van der Waals surface area contributed by atoms with Crippen molar-refractivity contribution < 1.29 is 22.7 Å². The van der Waals surface area contributed by atoms with E-state index in [4.69, 9.17) is 4.74 Å². The van der Waals surface area contributed by atoms with Gasteiger partial charge in [0.15, 0.2) is 6.61 Å². The van der Waals surface area contributed by atoms with E-state index >= 15 is 0 Å². The number of hydrogen-bond donors (Lipinski definition) is 1. The largest absolute Gasteiger partial charge is 0.484 e. The second kappa shape index (κ2) is 7.17. The van der Waals surface area contributed by atoms with Crippen LogP contribution in [0.25, 0.3) is 0 Å². The molecule has 0 radical (unpaired) electrons. The number of aromatic nitrogens is 2. The predicted octanol–water partition coefficient (Wildman–Crippen LogP) is 2.49. The lowest BCUT2D eigenvalue weighted by Gasteiger charge is -2.14. The Morgan fingerprint density at radius 1 is 1.35 bits per heavy atom. The minimum absolute atomic E-state index is 0.154. The Morgan fingerprint density at radius 3 is 2.61 bits per heavy atom. The molecule has 2 rings (SSSR count). The number of nitrogens with one attached hydrogen (secondary N) is 1. The van der Waals surface area contributed by atoms with Gasteiger partial charge in [-0.15, -0.1) is 0 Å². The van der Waals surface area contributed by atoms with Gasteiger partial charge in [0.05, 0.1) is 12.1 Å². The highest BCUT2D eigenvalue weighted by atomic mass is 19.4. The summed E-state index contributed by atoms with van der Waals surface area (Å²) in [6.45, 7) is 2.06. The lowest BCUT2D eigenvalue weighted by molar-refractivity contribution is -0.137. The molecule has 0 aliphatic rings. The number of hydrogen-bond acceptors (Lipinski definition) is 3. The highest BCUT2D eigenvalue weighted by molar-refractivity contribution is 5.77. The molecule has 0 aliphatic carbocycles. The van der Waals surface area contributed by atoms with Crippen LogP contribution < -0.4 is 10.1 Å². The van der Waals surface area contributed by atoms with Crippen molar-refractivity contribution in [1.29, 1.82) is 0 Å². The number of alkyl halides is 3. The quantitative estimate of drug-likeness (QED) is 0.887. The van der Waals surface area contributed by atoms with Crippen molar-refractivity contribution in [2.75, 3.05) is 6.61 Å². The van der Waals surface area contributed by atoms with Gasteiger partial charge in [-0.05, 0) is 37.3 Å². The number of amides is 1. The van der Waals surface area contributed by atoms with Crippen LogP contribution in [0.2, 0.25) is 0 Å². The van der Waals surface area contributed by atoms with E-state index in [1.165, 1.54) is 12.1 Å². The molecular formula is C15H16F3N3O2. The first-order chi connectivity index (χ1) is 10.8. The predicted molar refractivity (Wildman–Crippen MR) is 76.8 cm³/mol. The smallest absolute Gasteiger partial charge is 0.416 e. The molecular weight excluding hydrogens is 311 g/mol. The Labute approximate surface area is 131 Å². The van der Waals surface area contributed by atoms with E-state index in [9.17, 15) is 18.0 Å². The molecule has 0 bridgehead atoms. The summed E-state index contributed by atoms with van der Waals surface area (Å²) in [5.41, 5.74) is -0.762. The fourth-order valence-electron chi connectivity index (χ4n) is 1.94. The van der Waals surface area contributed by atoms with E-state index in [2.05, 4.69) is 10.4 Å². The van der Waals surface area contributed by atoms with E-state index in [0.717, 1.165) is 12.1 Å². The van der Waals surface area contributed by atoms with Crippen LogP contribution in [-0.4, -0.2) is 28.3 Å². The van der Waals surface area contributed by atoms with Crippen LogP contribution in [0, 0.1) is 0 Å². The molecule has 1 aromatic heterocycles. The average Bonchev–Trinajstić information content (AvgIpc) is 2.97. The zero-order valence-electron chi connectivity index (χ0n) is 12.4. The van der Waals surface area contributed by atoms with E-state index in [0.29, 0.717) is 6.54 Å². The van der Waals surface area contributed by atoms with Gasteiger partial charge in [0, 0.05) is 18.4 Å². The molecule has 1 N–H and O–H groups in total. The number of rotatable bonds is 6. The zero-order chi connectivity index (χ0) is 16.9. The molecule has 23 heavy (non-hydrogen) atoms. The Morgan fingerprint density at radius 2 is 2.04 bits per heavy atom. The Hall–Kier alpha value is -2.51. The molecule has 1 aromatic carbocycles. The third-order valence-corrected chi connectivity index (χ3v) is 2.98. The van der Waals surface area contributed by atoms with Crippen molar-refractivity contribution >= 4 is 5.91 Å². The Kier molecular flexibility index (Phi) is 5.25. The van der Waals surface area contributed by atoms with Gasteiger partial charge in [-0.2, -0.15) is 18.3 Å². The summed E-state index contributed by atoms with van der Waals surface area (Å²) < 4.78 is 44.1. The van der Waals surface area contributed by atoms with Crippen LogP contribution in [0.5, 0.6) is 5.75 Å². The zero-order valence-corrected chi connectivity index (χ0v) is 12.4. The number of benzene rings is 1. The maximum Gasteiger partial charge on any atom is 0.416 e. The summed E-state index contributed by atoms with van der Waals surface area (Å²) in [6.07, 6.45) is -0.971. The van der Waals surface area contributed by atoms with Gasteiger partial charge in [0.25, 0.3) is 5.91 Å². The highest BCUT2D eigenvalue weighted by Gasteiger charge is 2.30. The highest BCUT2D eigenvalue weighted by Crippen LogP contribution is 2.30. The average molecular weight is 327 g/mol. The second-order valence-electron chi connectivity index (χ2n) is 5.01. The van der Waals surface area contributed by atoms with Gasteiger partial charge < -0.3 is 10.1 Å². The molecule has 0 fully saturated rings. The Balaban J connectivity index is 1.77. The number of carbonyl (C=O) groups is 1. The molecule has 1 atom stereocenters. The monoisotopic (exact) mass is 327 g/mol. The number of carbonyl (C=O) groups excluding carboxylic acids is 1. The minimum Gasteiger partial charge on any atom is -0.484 e. The maximum absolute atomic E-state index is 12.4. The third kappa shape index (κ3) is 5.32. The van der Waals surface area contributed by atoms with Gasteiger partial charge in [-0.3, -0.25) is 9.48 Å². The molecule has 124 valence electrons. The second-order valence-corrected chi connectivity index (χ2v) is 5.01. The summed E-state index contributed by atoms with van der Waals surface area (Å²) in [5, 5.41) is 6.75. The summed E-state index contributed by atoms with van der Waals surface area (Å²) in [6, 6.07) is 5.81. The van der Waals surface area contributed by atoms with E-state index < -0.39 is 11.7 Å². The van der Waals surface area contributed by atoms with Crippen molar-refractivity contribution in [2.24, 2.45) is 0 Å². The molecule has 0 saturated heterocycles. The van der Waals surface area contributed by atoms with E-state index in [1.807, 2.05) is 6.92 Å². The SMILES string of the molecule is CC(Cn1cccn1)NC(=O)COc1ccc(C(F)(F)F)cc1. The first-order valence-electron chi connectivity index (χ1n) is 6.91. The maximum atomic E-state index is 12.4. The molecule has 0 spiro atoms. The summed E-state index contributed by atoms with van der Waals surface area (Å²) in [5.74, 6) is -0.155. The van der Waals surface area contributed by atoms with Gasteiger partial charge >= 0.3 is 6.18 Å². The van der Waals surface area contributed by atoms with Crippen molar-refractivity contribution in [3.05, 3.63) is 48.3 Å². The molecule has 1 amide bonds. The first-order valence-corrected chi connectivity index (χ1v) is 6.91. The van der Waals surface area contributed by atoms with Crippen LogP contribution in [0.15, 0.2) is 42.7 Å². The van der Waals surface area contributed by atoms with Crippen LogP contribution in [0.4, 0.5) is 13.2 Å². The lowest BCUT2D eigenvalue weighted by atomic mass is 10.2.